The van der Waals surface area contributed by atoms with Gasteiger partial charge in [-0.05, 0) is 77.9 Å². The minimum absolute atomic E-state index is 0.806. The average Bonchev–Trinajstić information content (AvgIpc) is 2.80. The number of piperidine rings is 2. The van der Waals surface area contributed by atoms with Crippen molar-refractivity contribution in [3.63, 3.8) is 0 Å². The van der Waals surface area contributed by atoms with Gasteiger partial charge in [0, 0.05) is 30.2 Å². The quantitative estimate of drug-likeness (QED) is 0.852. The summed E-state index contributed by atoms with van der Waals surface area (Å²) >= 11 is 0. The Kier molecular flexibility index (Phi) is 3.56. The second-order valence-electron chi connectivity index (χ2n) is 8.01. The van der Waals surface area contributed by atoms with E-state index in [-0.39, 0.29) is 0 Å². The standard InChI is InChI=1S/C17H31N3/c1-19-14-3-4-15(19)8-12(7-14)11-18-13-9-16-5-6-17(10-13)20(16)2/h12-18H,3-11H2,1-2H3. The first kappa shape index (κ1) is 13.5. The fraction of sp³-hybridized carbons (Fsp3) is 1.00. The van der Waals surface area contributed by atoms with E-state index in [9.17, 15) is 0 Å². The van der Waals surface area contributed by atoms with E-state index in [2.05, 4.69) is 29.2 Å². The van der Waals surface area contributed by atoms with Crippen LogP contribution in [0.5, 0.6) is 0 Å². The summed E-state index contributed by atoms with van der Waals surface area (Å²) in [5, 5.41) is 3.95. The lowest BCUT2D eigenvalue weighted by Gasteiger charge is -2.39. The lowest BCUT2D eigenvalue weighted by molar-refractivity contribution is 0.118. The summed E-state index contributed by atoms with van der Waals surface area (Å²) in [7, 11) is 4.69. The molecule has 0 saturated carbocycles. The summed E-state index contributed by atoms with van der Waals surface area (Å²) in [6, 6.07) is 4.35. The molecule has 0 radical (unpaired) electrons. The van der Waals surface area contributed by atoms with E-state index < -0.39 is 0 Å². The van der Waals surface area contributed by atoms with E-state index in [1.54, 1.807) is 0 Å². The molecule has 20 heavy (non-hydrogen) atoms. The Bertz CT molecular complexity index is 296. The van der Waals surface area contributed by atoms with Gasteiger partial charge in [-0.25, -0.2) is 0 Å². The number of hydrogen-bond donors (Lipinski definition) is 1. The topological polar surface area (TPSA) is 18.5 Å². The zero-order chi connectivity index (χ0) is 13.7. The molecule has 3 nitrogen and oxygen atoms in total. The molecule has 0 amide bonds. The van der Waals surface area contributed by atoms with Gasteiger partial charge in [-0.2, -0.15) is 0 Å². The molecule has 1 N–H and O–H groups in total. The Morgan fingerprint density at radius 2 is 1.20 bits per heavy atom. The molecular formula is C17H31N3. The Hall–Kier alpha value is -0.120. The highest BCUT2D eigenvalue weighted by Gasteiger charge is 2.40. The van der Waals surface area contributed by atoms with Crippen LogP contribution in [0.2, 0.25) is 0 Å². The molecule has 0 aromatic rings. The Morgan fingerprint density at radius 1 is 0.750 bits per heavy atom. The second kappa shape index (κ2) is 5.26. The van der Waals surface area contributed by atoms with Gasteiger partial charge in [0.05, 0.1) is 0 Å². The van der Waals surface area contributed by atoms with Gasteiger partial charge in [-0.3, -0.25) is 0 Å². The molecule has 4 heterocycles. The molecule has 0 aliphatic carbocycles. The molecule has 3 heteroatoms. The van der Waals surface area contributed by atoms with Crippen molar-refractivity contribution in [2.45, 2.75) is 81.6 Å². The number of fused-ring (bicyclic) bond motifs is 4. The molecule has 4 unspecified atom stereocenters. The van der Waals surface area contributed by atoms with Crippen LogP contribution in [-0.2, 0) is 0 Å². The molecule has 4 saturated heterocycles. The third-order valence-electron chi connectivity index (χ3n) is 6.99. The van der Waals surface area contributed by atoms with Crippen LogP contribution in [0.25, 0.3) is 0 Å². The Labute approximate surface area is 124 Å². The third kappa shape index (κ3) is 2.32. The van der Waals surface area contributed by atoms with Crippen LogP contribution in [-0.4, -0.2) is 60.6 Å². The fourth-order valence-electron chi connectivity index (χ4n) is 5.60. The number of nitrogens with zero attached hydrogens (tertiary/aromatic N) is 2. The van der Waals surface area contributed by atoms with Crippen molar-refractivity contribution < 1.29 is 0 Å². The predicted octanol–water partition coefficient (Wildman–Crippen LogP) is 2.07. The molecule has 4 atom stereocenters. The van der Waals surface area contributed by atoms with E-state index in [4.69, 9.17) is 0 Å². The van der Waals surface area contributed by atoms with Crippen molar-refractivity contribution in [2.75, 3.05) is 20.6 Å². The Morgan fingerprint density at radius 3 is 1.70 bits per heavy atom. The third-order valence-corrected chi connectivity index (χ3v) is 6.99. The molecule has 4 aliphatic heterocycles. The van der Waals surface area contributed by atoms with Crippen molar-refractivity contribution in [3.8, 4) is 0 Å². The van der Waals surface area contributed by atoms with Gasteiger partial charge in [0.1, 0.15) is 0 Å². The van der Waals surface area contributed by atoms with Crippen LogP contribution in [0, 0.1) is 5.92 Å². The molecular weight excluding hydrogens is 246 g/mol. The van der Waals surface area contributed by atoms with Crippen LogP contribution in [0.1, 0.15) is 51.4 Å². The highest BCUT2D eigenvalue weighted by molar-refractivity contribution is 4.97. The van der Waals surface area contributed by atoms with Crippen molar-refractivity contribution in [1.82, 2.24) is 15.1 Å². The van der Waals surface area contributed by atoms with Gasteiger partial charge in [0.15, 0.2) is 0 Å². The lowest BCUT2D eigenvalue weighted by atomic mass is 9.90. The van der Waals surface area contributed by atoms with E-state index in [0.717, 1.165) is 36.1 Å². The van der Waals surface area contributed by atoms with Crippen LogP contribution in [0.3, 0.4) is 0 Å². The maximum absolute atomic E-state index is 3.95. The lowest BCUT2D eigenvalue weighted by Crippen LogP contribution is -2.49. The van der Waals surface area contributed by atoms with Crippen molar-refractivity contribution in [1.29, 1.82) is 0 Å². The molecule has 0 spiro atoms. The van der Waals surface area contributed by atoms with E-state index in [1.807, 2.05) is 0 Å². The minimum atomic E-state index is 0.806. The molecule has 0 aromatic heterocycles. The second-order valence-corrected chi connectivity index (χ2v) is 8.01. The summed E-state index contributed by atoms with van der Waals surface area (Å²) in [5.41, 5.74) is 0. The summed E-state index contributed by atoms with van der Waals surface area (Å²) < 4.78 is 0. The van der Waals surface area contributed by atoms with Gasteiger partial charge < -0.3 is 15.1 Å². The van der Waals surface area contributed by atoms with E-state index in [0.29, 0.717) is 0 Å². The largest absolute Gasteiger partial charge is 0.314 e. The van der Waals surface area contributed by atoms with Crippen molar-refractivity contribution >= 4 is 0 Å². The van der Waals surface area contributed by atoms with Crippen molar-refractivity contribution in [2.24, 2.45) is 5.92 Å². The van der Waals surface area contributed by atoms with Crippen molar-refractivity contribution in [3.05, 3.63) is 0 Å². The van der Waals surface area contributed by atoms with Gasteiger partial charge in [0.2, 0.25) is 0 Å². The monoisotopic (exact) mass is 277 g/mol. The average molecular weight is 277 g/mol. The highest BCUT2D eigenvalue weighted by atomic mass is 15.2. The van der Waals surface area contributed by atoms with Gasteiger partial charge in [0.25, 0.3) is 0 Å². The summed E-state index contributed by atoms with van der Waals surface area (Å²) in [4.78, 5) is 5.31. The Balaban J connectivity index is 1.27. The maximum Gasteiger partial charge on any atom is 0.0111 e. The predicted molar refractivity (Wildman–Crippen MR) is 82.9 cm³/mol. The zero-order valence-corrected chi connectivity index (χ0v) is 13.2. The van der Waals surface area contributed by atoms with Crippen LogP contribution in [0.15, 0.2) is 0 Å². The first-order valence-electron chi connectivity index (χ1n) is 8.88. The van der Waals surface area contributed by atoms with E-state index >= 15 is 0 Å². The molecule has 4 bridgehead atoms. The first-order chi connectivity index (χ1) is 9.70. The van der Waals surface area contributed by atoms with Gasteiger partial charge in [-0.1, -0.05) is 0 Å². The fourth-order valence-corrected chi connectivity index (χ4v) is 5.60. The van der Waals surface area contributed by atoms with E-state index in [1.165, 1.54) is 57.9 Å². The normalized spacial score (nSPS) is 48.9. The molecule has 114 valence electrons. The highest BCUT2D eigenvalue weighted by Crippen LogP contribution is 2.38. The van der Waals surface area contributed by atoms with Gasteiger partial charge >= 0.3 is 0 Å². The number of rotatable bonds is 3. The molecule has 4 fully saturated rings. The summed E-state index contributed by atoms with van der Waals surface area (Å²) in [5.74, 6) is 0.945. The number of hydrogen-bond acceptors (Lipinski definition) is 3. The zero-order valence-electron chi connectivity index (χ0n) is 13.2. The minimum Gasteiger partial charge on any atom is -0.314 e. The SMILES string of the molecule is CN1C2CCC1CC(CNC1CC3CCC(C1)N3C)C2. The van der Waals surface area contributed by atoms with Crippen LogP contribution in [0.4, 0.5) is 0 Å². The van der Waals surface area contributed by atoms with Gasteiger partial charge in [-0.15, -0.1) is 0 Å². The van der Waals surface area contributed by atoms with Crippen LogP contribution < -0.4 is 5.32 Å². The summed E-state index contributed by atoms with van der Waals surface area (Å²) in [6.07, 6.45) is 11.5. The summed E-state index contributed by atoms with van der Waals surface area (Å²) in [6.45, 7) is 1.29. The molecule has 4 aliphatic rings. The first-order valence-corrected chi connectivity index (χ1v) is 8.88. The van der Waals surface area contributed by atoms with Crippen LogP contribution >= 0.6 is 0 Å². The molecule has 0 aromatic carbocycles. The maximum atomic E-state index is 3.95. The smallest absolute Gasteiger partial charge is 0.0111 e. The molecule has 4 rings (SSSR count). The number of nitrogens with one attached hydrogen (secondary N) is 1.